The molecule has 0 radical (unpaired) electrons. The molecule has 0 aliphatic heterocycles. The first kappa shape index (κ1) is 20.5. The van der Waals surface area contributed by atoms with Crippen molar-refractivity contribution >= 4 is 22.9 Å². The van der Waals surface area contributed by atoms with E-state index in [0.717, 1.165) is 24.0 Å². The van der Waals surface area contributed by atoms with Crippen molar-refractivity contribution in [2.75, 3.05) is 0 Å². The van der Waals surface area contributed by atoms with E-state index >= 15 is 0 Å². The first-order chi connectivity index (χ1) is 14.6. The lowest BCUT2D eigenvalue weighted by molar-refractivity contribution is 0.674. The molecule has 30 heavy (non-hydrogen) atoms. The van der Waals surface area contributed by atoms with Crippen LogP contribution in [-0.4, -0.2) is 4.98 Å². The van der Waals surface area contributed by atoms with E-state index in [2.05, 4.69) is 96.9 Å². The molecule has 1 N–H and O–H groups in total. The second-order valence-corrected chi connectivity index (χ2v) is 8.84. The highest BCUT2D eigenvalue weighted by Crippen LogP contribution is 2.28. The van der Waals surface area contributed by atoms with Crippen molar-refractivity contribution in [2.45, 2.75) is 38.6 Å². The third kappa shape index (κ3) is 4.84. The quantitative estimate of drug-likeness (QED) is 0.383. The molecule has 0 bridgehead atoms. The minimum absolute atomic E-state index is 0.505. The SMILES string of the molecule is CC1=CC(C)=C(C#Cc2ccc(SNCc3ccnc4ccccc34)cc2)C(C)C1. The third-order valence-corrected chi connectivity index (χ3v) is 6.19. The maximum atomic E-state index is 4.43. The summed E-state index contributed by atoms with van der Waals surface area (Å²) in [5, 5.41) is 1.20. The van der Waals surface area contributed by atoms with Crippen molar-refractivity contribution in [1.82, 2.24) is 9.71 Å². The summed E-state index contributed by atoms with van der Waals surface area (Å²) in [4.78, 5) is 5.61. The van der Waals surface area contributed by atoms with E-state index < -0.39 is 0 Å². The van der Waals surface area contributed by atoms with Crippen molar-refractivity contribution in [1.29, 1.82) is 0 Å². The van der Waals surface area contributed by atoms with Crippen LogP contribution >= 0.6 is 11.9 Å². The van der Waals surface area contributed by atoms with Crippen LogP contribution in [0.25, 0.3) is 10.9 Å². The lowest BCUT2D eigenvalue weighted by Crippen LogP contribution is -2.05. The molecule has 1 aliphatic carbocycles. The van der Waals surface area contributed by atoms with Crippen LogP contribution in [0.5, 0.6) is 0 Å². The van der Waals surface area contributed by atoms with Crippen LogP contribution in [0.3, 0.4) is 0 Å². The summed E-state index contributed by atoms with van der Waals surface area (Å²) in [6.07, 6.45) is 5.25. The molecule has 1 aromatic heterocycles. The van der Waals surface area contributed by atoms with Crippen LogP contribution < -0.4 is 4.72 Å². The van der Waals surface area contributed by atoms with Gasteiger partial charge in [0.2, 0.25) is 0 Å². The summed E-state index contributed by atoms with van der Waals surface area (Å²) < 4.78 is 3.47. The van der Waals surface area contributed by atoms with Crippen molar-refractivity contribution < 1.29 is 0 Å². The van der Waals surface area contributed by atoms with E-state index in [-0.39, 0.29) is 0 Å². The first-order valence-corrected chi connectivity index (χ1v) is 11.1. The van der Waals surface area contributed by atoms with E-state index in [1.54, 1.807) is 11.9 Å². The molecule has 1 unspecified atom stereocenters. The van der Waals surface area contributed by atoms with E-state index in [4.69, 9.17) is 0 Å². The van der Waals surface area contributed by atoms with E-state index in [0.29, 0.717) is 5.92 Å². The molecule has 150 valence electrons. The van der Waals surface area contributed by atoms with Crippen LogP contribution in [0.4, 0.5) is 0 Å². The minimum atomic E-state index is 0.505. The molecule has 4 rings (SSSR count). The fourth-order valence-electron chi connectivity index (χ4n) is 3.95. The second-order valence-electron chi connectivity index (χ2n) is 7.88. The van der Waals surface area contributed by atoms with Gasteiger partial charge in [0.1, 0.15) is 0 Å². The summed E-state index contributed by atoms with van der Waals surface area (Å²) in [5.41, 5.74) is 7.36. The van der Waals surface area contributed by atoms with Gasteiger partial charge in [-0.05, 0) is 85.7 Å². The average molecular weight is 411 g/mol. The number of fused-ring (bicyclic) bond motifs is 1. The number of hydrogen-bond donors (Lipinski definition) is 1. The largest absolute Gasteiger partial charge is 0.256 e. The molecule has 1 heterocycles. The molecule has 2 aromatic carbocycles. The van der Waals surface area contributed by atoms with E-state index in [1.807, 2.05) is 12.3 Å². The Balaban J connectivity index is 1.38. The highest BCUT2D eigenvalue weighted by molar-refractivity contribution is 7.97. The Kier molecular flexibility index (Phi) is 6.38. The standard InChI is InChI=1S/C27H26N2S/c1-19-16-20(2)25(21(3)17-19)13-10-22-8-11-24(12-9-22)30-29-18-23-14-15-28-27-7-5-4-6-26(23)27/h4-9,11-12,14-16,21,29H,17-18H2,1-3H3. The van der Waals surface area contributed by atoms with Gasteiger partial charge in [-0.3, -0.25) is 9.71 Å². The van der Waals surface area contributed by atoms with Gasteiger partial charge >= 0.3 is 0 Å². The van der Waals surface area contributed by atoms with Gasteiger partial charge in [0.15, 0.2) is 0 Å². The average Bonchev–Trinajstić information content (AvgIpc) is 2.74. The molecule has 0 spiro atoms. The molecule has 3 heteroatoms. The Morgan fingerprint density at radius 2 is 1.83 bits per heavy atom. The number of allylic oxidation sites excluding steroid dienone is 4. The zero-order chi connectivity index (χ0) is 20.9. The van der Waals surface area contributed by atoms with Gasteiger partial charge in [-0.1, -0.05) is 48.6 Å². The Hall–Kier alpha value is -2.80. The van der Waals surface area contributed by atoms with E-state index in [9.17, 15) is 0 Å². The van der Waals surface area contributed by atoms with Crippen LogP contribution in [-0.2, 0) is 6.54 Å². The second kappa shape index (κ2) is 9.34. The molecule has 1 aliphatic rings. The van der Waals surface area contributed by atoms with Gasteiger partial charge in [-0.25, -0.2) is 0 Å². The van der Waals surface area contributed by atoms with Gasteiger partial charge in [0.05, 0.1) is 5.52 Å². The summed E-state index contributed by atoms with van der Waals surface area (Å²) in [6, 6.07) is 18.8. The van der Waals surface area contributed by atoms with Crippen molar-refractivity contribution in [3.63, 3.8) is 0 Å². The number of nitrogens with one attached hydrogen (secondary N) is 1. The number of para-hydroxylation sites is 1. The maximum absolute atomic E-state index is 4.43. The fraction of sp³-hybridized carbons (Fsp3) is 0.222. The molecule has 2 nitrogen and oxygen atoms in total. The Morgan fingerprint density at radius 1 is 1.03 bits per heavy atom. The molecule has 0 saturated carbocycles. The number of pyridine rings is 1. The summed E-state index contributed by atoms with van der Waals surface area (Å²) in [6.45, 7) is 7.42. The maximum Gasteiger partial charge on any atom is 0.0705 e. The van der Waals surface area contributed by atoms with Crippen LogP contribution in [0, 0.1) is 17.8 Å². The molecule has 0 saturated heterocycles. The Bertz CT molecular complexity index is 1170. The van der Waals surface area contributed by atoms with E-state index in [1.165, 1.54) is 32.6 Å². The fourth-order valence-corrected chi connectivity index (χ4v) is 4.62. The van der Waals surface area contributed by atoms with Gasteiger partial charge in [-0.2, -0.15) is 0 Å². The number of hydrogen-bond acceptors (Lipinski definition) is 3. The Morgan fingerprint density at radius 3 is 2.63 bits per heavy atom. The minimum Gasteiger partial charge on any atom is -0.256 e. The highest BCUT2D eigenvalue weighted by Gasteiger charge is 2.14. The van der Waals surface area contributed by atoms with Gasteiger partial charge in [-0.15, -0.1) is 0 Å². The normalized spacial score (nSPS) is 16.2. The number of benzene rings is 2. The molecule has 3 aromatic rings. The third-order valence-electron chi connectivity index (χ3n) is 5.40. The zero-order valence-electron chi connectivity index (χ0n) is 17.7. The van der Waals surface area contributed by atoms with Gasteiger partial charge in [0, 0.05) is 34.2 Å². The molecule has 0 amide bonds. The number of nitrogens with zero attached hydrogens (tertiary/aromatic N) is 1. The topological polar surface area (TPSA) is 24.9 Å². The zero-order valence-corrected chi connectivity index (χ0v) is 18.5. The van der Waals surface area contributed by atoms with Crippen molar-refractivity contribution in [3.05, 3.63) is 94.7 Å². The summed E-state index contributed by atoms with van der Waals surface area (Å²) >= 11 is 1.64. The molecular weight excluding hydrogens is 384 g/mol. The lowest BCUT2D eigenvalue weighted by atomic mass is 9.85. The van der Waals surface area contributed by atoms with Crippen LogP contribution in [0.1, 0.15) is 38.3 Å². The van der Waals surface area contributed by atoms with Crippen molar-refractivity contribution in [2.24, 2.45) is 5.92 Å². The smallest absolute Gasteiger partial charge is 0.0705 e. The highest BCUT2D eigenvalue weighted by atomic mass is 32.2. The predicted octanol–water partition coefficient (Wildman–Crippen LogP) is 6.69. The molecule has 0 fully saturated rings. The molecular formula is C27H26N2S. The predicted molar refractivity (Wildman–Crippen MR) is 128 cm³/mol. The summed E-state index contributed by atoms with van der Waals surface area (Å²) in [7, 11) is 0. The van der Waals surface area contributed by atoms with Crippen LogP contribution in [0.2, 0.25) is 0 Å². The number of rotatable bonds is 4. The monoisotopic (exact) mass is 410 g/mol. The van der Waals surface area contributed by atoms with Crippen molar-refractivity contribution in [3.8, 4) is 11.8 Å². The number of aromatic nitrogens is 1. The summed E-state index contributed by atoms with van der Waals surface area (Å²) in [5.74, 6) is 7.27. The van der Waals surface area contributed by atoms with Gasteiger partial charge in [0.25, 0.3) is 0 Å². The Labute approximate surface area is 183 Å². The lowest BCUT2D eigenvalue weighted by Gasteiger charge is -2.19. The molecule has 1 atom stereocenters. The van der Waals surface area contributed by atoms with Crippen LogP contribution in [0.15, 0.2) is 88.5 Å². The van der Waals surface area contributed by atoms with Gasteiger partial charge < -0.3 is 0 Å². The first-order valence-electron chi connectivity index (χ1n) is 10.3.